The molecule has 110 valence electrons. The van der Waals surface area contributed by atoms with Gasteiger partial charge in [0.05, 0.1) is 5.56 Å². The molecule has 0 radical (unpaired) electrons. The van der Waals surface area contributed by atoms with Crippen molar-refractivity contribution in [2.24, 2.45) is 11.7 Å². The van der Waals surface area contributed by atoms with Crippen LogP contribution in [-0.2, 0) is 0 Å². The van der Waals surface area contributed by atoms with E-state index in [-0.39, 0.29) is 5.84 Å². The summed E-state index contributed by atoms with van der Waals surface area (Å²) in [5.74, 6) is 1.67. The van der Waals surface area contributed by atoms with Crippen molar-refractivity contribution in [3.05, 3.63) is 23.4 Å². The van der Waals surface area contributed by atoms with Gasteiger partial charge in [-0.25, -0.2) is 4.98 Å². The van der Waals surface area contributed by atoms with Gasteiger partial charge in [0.25, 0.3) is 0 Å². The van der Waals surface area contributed by atoms with Crippen molar-refractivity contribution in [3.8, 4) is 0 Å². The van der Waals surface area contributed by atoms with Crippen LogP contribution in [0.2, 0.25) is 0 Å². The second-order valence-corrected chi connectivity index (χ2v) is 5.92. The Hall–Kier alpha value is -1.62. The van der Waals surface area contributed by atoms with Crippen molar-refractivity contribution in [1.29, 1.82) is 5.41 Å². The van der Waals surface area contributed by atoms with Crippen molar-refractivity contribution >= 4 is 11.7 Å². The van der Waals surface area contributed by atoms with E-state index in [4.69, 9.17) is 11.1 Å². The smallest absolute Gasteiger partial charge is 0.139 e. The van der Waals surface area contributed by atoms with E-state index in [0.717, 1.165) is 49.7 Å². The highest BCUT2D eigenvalue weighted by Gasteiger charge is 2.22. The van der Waals surface area contributed by atoms with Gasteiger partial charge in [-0.1, -0.05) is 13.8 Å². The maximum absolute atomic E-state index is 7.77. The molecule has 0 saturated carbocycles. The fourth-order valence-electron chi connectivity index (χ4n) is 2.78. The molecule has 5 heteroatoms. The van der Waals surface area contributed by atoms with Crippen LogP contribution in [0.5, 0.6) is 0 Å². The van der Waals surface area contributed by atoms with E-state index < -0.39 is 0 Å². The minimum absolute atomic E-state index is 0.107. The normalized spacial score (nSPS) is 16.7. The van der Waals surface area contributed by atoms with Gasteiger partial charge in [-0.2, -0.15) is 0 Å². The third-order valence-electron chi connectivity index (χ3n) is 3.70. The fraction of sp³-hybridized carbons (Fsp3) is 0.600. The van der Waals surface area contributed by atoms with Gasteiger partial charge >= 0.3 is 0 Å². The molecule has 1 aliphatic heterocycles. The molecule has 1 fully saturated rings. The average Bonchev–Trinajstić information content (AvgIpc) is 2.38. The van der Waals surface area contributed by atoms with E-state index in [1.807, 2.05) is 13.0 Å². The largest absolute Gasteiger partial charge is 0.384 e. The molecule has 0 spiro atoms. The molecular formula is C15H25N5. The van der Waals surface area contributed by atoms with Crippen LogP contribution in [0.15, 0.2) is 12.3 Å². The van der Waals surface area contributed by atoms with Crippen molar-refractivity contribution in [3.63, 3.8) is 0 Å². The Balaban J connectivity index is 2.11. The van der Waals surface area contributed by atoms with Crippen LogP contribution < -0.4 is 10.6 Å². The monoisotopic (exact) mass is 275 g/mol. The first-order valence-corrected chi connectivity index (χ1v) is 7.26. The number of nitrogens with one attached hydrogen (secondary N) is 1. The minimum atomic E-state index is 0.107. The second-order valence-electron chi connectivity index (χ2n) is 5.92. The molecule has 2 heterocycles. The quantitative estimate of drug-likeness (QED) is 0.644. The first kappa shape index (κ1) is 14.8. The molecule has 0 amide bonds. The molecule has 0 atom stereocenters. The third kappa shape index (κ3) is 3.28. The molecule has 1 aliphatic rings. The number of rotatable bonds is 4. The van der Waals surface area contributed by atoms with Crippen LogP contribution in [0.25, 0.3) is 0 Å². The Bertz CT molecular complexity index is 475. The van der Waals surface area contributed by atoms with Crippen LogP contribution >= 0.6 is 0 Å². The van der Waals surface area contributed by atoms with Crippen LogP contribution in [-0.4, -0.2) is 48.4 Å². The van der Waals surface area contributed by atoms with Crippen LogP contribution in [0.4, 0.5) is 5.82 Å². The highest BCUT2D eigenvalue weighted by atomic mass is 15.3. The Morgan fingerprint density at radius 2 is 2.00 bits per heavy atom. The molecule has 1 saturated heterocycles. The molecular weight excluding hydrogens is 250 g/mol. The zero-order valence-corrected chi connectivity index (χ0v) is 12.7. The predicted octanol–water partition coefficient (Wildman–Crippen LogP) is 1.45. The predicted molar refractivity (Wildman–Crippen MR) is 83.5 cm³/mol. The van der Waals surface area contributed by atoms with E-state index in [1.54, 1.807) is 6.20 Å². The number of hydrogen-bond acceptors (Lipinski definition) is 4. The van der Waals surface area contributed by atoms with Gasteiger partial charge in [0.1, 0.15) is 11.7 Å². The van der Waals surface area contributed by atoms with Crippen LogP contribution in [0.1, 0.15) is 25.0 Å². The van der Waals surface area contributed by atoms with Gasteiger partial charge in [0.2, 0.25) is 0 Å². The van der Waals surface area contributed by atoms with Crippen molar-refractivity contribution < 1.29 is 0 Å². The summed E-state index contributed by atoms with van der Waals surface area (Å²) in [4.78, 5) is 9.20. The van der Waals surface area contributed by atoms with Gasteiger partial charge in [-0.05, 0) is 24.5 Å². The highest BCUT2D eigenvalue weighted by molar-refractivity contribution is 6.01. The Kier molecular flexibility index (Phi) is 4.60. The van der Waals surface area contributed by atoms with E-state index in [9.17, 15) is 0 Å². The molecule has 0 unspecified atom stereocenters. The van der Waals surface area contributed by atoms with E-state index in [1.165, 1.54) is 0 Å². The van der Waals surface area contributed by atoms with E-state index >= 15 is 0 Å². The number of nitrogen functional groups attached to an aromatic ring is 1. The first-order valence-electron chi connectivity index (χ1n) is 7.26. The number of pyridine rings is 1. The molecule has 3 N–H and O–H groups in total. The number of aryl methyl sites for hydroxylation is 1. The molecule has 2 rings (SSSR count). The lowest BCUT2D eigenvalue weighted by molar-refractivity contribution is 0.231. The lowest BCUT2D eigenvalue weighted by Crippen LogP contribution is -2.48. The third-order valence-corrected chi connectivity index (χ3v) is 3.70. The second kappa shape index (κ2) is 6.22. The van der Waals surface area contributed by atoms with Gasteiger partial charge in [0.15, 0.2) is 0 Å². The van der Waals surface area contributed by atoms with E-state index in [2.05, 4.69) is 28.6 Å². The van der Waals surface area contributed by atoms with Gasteiger partial charge < -0.3 is 10.6 Å². The minimum Gasteiger partial charge on any atom is -0.384 e. The van der Waals surface area contributed by atoms with E-state index in [0.29, 0.717) is 5.92 Å². The maximum atomic E-state index is 7.77. The average molecular weight is 275 g/mol. The fourth-order valence-corrected chi connectivity index (χ4v) is 2.78. The van der Waals surface area contributed by atoms with Gasteiger partial charge in [-0.15, -0.1) is 0 Å². The van der Waals surface area contributed by atoms with Gasteiger partial charge in [-0.3, -0.25) is 10.3 Å². The topological polar surface area (TPSA) is 69.2 Å². The summed E-state index contributed by atoms with van der Waals surface area (Å²) in [6, 6.07) is 1.91. The summed E-state index contributed by atoms with van der Waals surface area (Å²) >= 11 is 0. The highest BCUT2D eigenvalue weighted by Crippen LogP contribution is 2.21. The Labute approximate surface area is 121 Å². The number of aromatic nitrogens is 1. The number of piperazine rings is 1. The number of nitrogens with zero attached hydrogens (tertiary/aromatic N) is 3. The number of anilines is 1. The SMILES string of the molecule is Cc1ccnc(N2CCN(CC(C)C)CC2)c1C(=N)N. The summed E-state index contributed by atoms with van der Waals surface area (Å²) in [5.41, 5.74) is 7.52. The molecule has 5 nitrogen and oxygen atoms in total. The lowest BCUT2D eigenvalue weighted by Gasteiger charge is -2.37. The Morgan fingerprint density at radius 3 is 2.55 bits per heavy atom. The number of amidine groups is 1. The summed E-state index contributed by atoms with van der Waals surface area (Å²) in [5, 5.41) is 7.77. The standard InChI is InChI=1S/C15H25N5/c1-11(2)10-19-6-8-20(9-7-19)15-13(14(16)17)12(3)4-5-18-15/h4-5,11H,6-10H2,1-3H3,(H3,16,17). The zero-order valence-electron chi connectivity index (χ0n) is 12.7. The molecule has 0 bridgehead atoms. The Morgan fingerprint density at radius 1 is 1.35 bits per heavy atom. The van der Waals surface area contributed by atoms with Crippen molar-refractivity contribution in [2.45, 2.75) is 20.8 Å². The first-order chi connectivity index (χ1) is 9.49. The van der Waals surface area contributed by atoms with Crippen LogP contribution in [0.3, 0.4) is 0 Å². The van der Waals surface area contributed by atoms with Gasteiger partial charge in [0, 0.05) is 38.9 Å². The molecule has 1 aromatic heterocycles. The summed E-state index contributed by atoms with van der Waals surface area (Å²) in [7, 11) is 0. The summed E-state index contributed by atoms with van der Waals surface area (Å²) in [6.45, 7) is 11.6. The number of hydrogen-bond donors (Lipinski definition) is 2. The number of nitrogens with two attached hydrogens (primary N) is 1. The summed E-state index contributed by atoms with van der Waals surface area (Å²) in [6.07, 6.45) is 1.80. The molecule has 20 heavy (non-hydrogen) atoms. The molecule has 1 aromatic rings. The van der Waals surface area contributed by atoms with Crippen molar-refractivity contribution in [2.75, 3.05) is 37.6 Å². The van der Waals surface area contributed by atoms with Crippen molar-refractivity contribution in [1.82, 2.24) is 9.88 Å². The zero-order chi connectivity index (χ0) is 14.7. The molecule has 0 aliphatic carbocycles. The molecule has 0 aromatic carbocycles. The summed E-state index contributed by atoms with van der Waals surface area (Å²) < 4.78 is 0. The van der Waals surface area contributed by atoms with Crippen LogP contribution in [0, 0.1) is 18.3 Å². The lowest BCUT2D eigenvalue weighted by atomic mass is 10.1. The maximum Gasteiger partial charge on any atom is 0.139 e.